The first-order valence-corrected chi connectivity index (χ1v) is 5.45. The first kappa shape index (κ1) is 11.5. The van der Waals surface area contributed by atoms with Crippen molar-refractivity contribution in [2.24, 2.45) is 0 Å². The lowest BCUT2D eigenvalue weighted by molar-refractivity contribution is -0.384. The third kappa shape index (κ3) is 1.96. The highest BCUT2D eigenvalue weighted by Gasteiger charge is 2.18. The van der Waals surface area contributed by atoms with Crippen LogP contribution in [0.1, 0.15) is 6.92 Å². The number of nitro groups is 1. The van der Waals surface area contributed by atoms with Crippen LogP contribution in [0.2, 0.25) is 0 Å². The Hall–Kier alpha value is -2.02. The second-order valence-electron chi connectivity index (χ2n) is 3.37. The highest BCUT2D eigenvalue weighted by atomic mass is 32.1. The average Bonchev–Trinajstić information content (AvgIpc) is 2.70. The zero-order valence-electron chi connectivity index (χ0n) is 9.08. The molecule has 0 radical (unpaired) electrons. The van der Waals surface area contributed by atoms with Crippen molar-refractivity contribution in [3.63, 3.8) is 0 Å². The SMILES string of the molecule is CCn1c(-c2ccccc2[N+](=O)[O-])n[nH]c1=S. The molecule has 0 bridgehead atoms. The lowest BCUT2D eigenvalue weighted by Gasteiger charge is -2.03. The molecule has 0 saturated carbocycles. The normalized spacial score (nSPS) is 10.4. The Balaban J connectivity index is 2.68. The molecule has 0 aliphatic carbocycles. The van der Waals surface area contributed by atoms with E-state index >= 15 is 0 Å². The molecule has 6 nitrogen and oxygen atoms in total. The number of hydrogen-bond donors (Lipinski definition) is 1. The van der Waals surface area contributed by atoms with E-state index in [2.05, 4.69) is 10.2 Å². The number of benzene rings is 1. The van der Waals surface area contributed by atoms with E-state index in [0.29, 0.717) is 22.7 Å². The summed E-state index contributed by atoms with van der Waals surface area (Å²) in [6.07, 6.45) is 0. The lowest BCUT2D eigenvalue weighted by atomic mass is 10.1. The summed E-state index contributed by atoms with van der Waals surface area (Å²) in [6, 6.07) is 6.47. The van der Waals surface area contributed by atoms with E-state index < -0.39 is 4.92 Å². The maximum Gasteiger partial charge on any atom is 0.280 e. The number of rotatable bonds is 3. The van der Waals surface area contributed by atoms with Crippen molar-refractivity contribution in [3.8, 4) is 11.4 Å². The van der Waals surface area contributed by atoms with Crippen LogP contribution in [0.4, 0.5) is 5.69 Å². The Bertz CT molecular complexity index is 617. The minimum absolute atomic E-state index is 0.0243. The van der Waals surface area contributed by atoms with E-state index in [0.717, 1.165) is 0 Å². The van der Waals surface area contributed by atoms with Crippen LogP contribution >= 0.6 is 12.2 Å². The van der Waals surface area contributed by atoms with E-state index in [1.54, 1.807) is 22.8 Å². The molecule has 2 aromatic rings. The van der Waals surface area contributed by atoms with Crippen LogP contribution in [-0.4, -0.2) is 19.7 Å². The molecule has 0 unspecified atom stereocenters. The van der Waals surface area contributed by atoms with Gasteiger partial charge in [0.2, 0.25) is 0 Å². The first-order chi connectivity index (χ1) is 8.15. The summed E-state index contributed by atoms with van der Waals surface area (Å²) in [7, 11) is 0. The summed E-state index contributed by atoms with van der Waals surface area (Å²) in [4.78, 5) is 10.5. The van der Waals surface area contributed by atoms with Crippen molar-refractivity contribution in [1.29, 1.82) is 0 Å². The van der Waals surface area contributed by atoms with Gasteiger partial charge in [-0.05, 0) is 25.2 Å². The Morgan fingerprint density at radius 3 is 2.88 bits per heavy atom. The molecule has 17 heavy (non-hydrogen) atoms. The molecular formula is C10H10N4O2S. The summed E-state index contributed by atoms with van der Waals surface area (Å²) in [5.74, 6) is 0.491. The Morgan fingerprint density at radius 1 is 1.53 bits per heavy atom. The zero-order valence-corrected chi connectivity index (χ0v) is 9.90. The Morgan fingerprint density at radius 2 is 2.24 bits per heavy atom. The Kier molecular flexibility index (Phi) is 3.01. The standard InChI is InChI=1S/C10H10N4O2S/c1-2-13-9(11-12-10(13)17)7-5-3-4-6-8(7)14(15)16/h3-6H,2H2,1H3,(H,12,17). The summed E-state index contributed by atoms with van der Waals surface area (Å²) >= 11 is 5.06. The number of para-hydroxylation sites is 1. The third-order valence-corrected chi connectivity index (χ3v) is 2.73. The fraction of sp³-hybridized carbons (Fsp3) is 0.200. The minimum Gasteiger partial charge on any atom is -0.300 e. The number of aromatic amines is 1. The van der Waals surface area contributed by atoms with Gasteiger partial charge >= 0.3 is 0 Å². The molecule has 0 saturated heterocycles. The van der Waals surface area contributed by atoms with Gasteiger partial charge in [-0.1, -0.05) is 12.1 Å². The summed E-state index contributed by atoms with van der Waals surface area (Å²) in [5.41, 5.74) is 0.489. The number of H-pyrrole nitrogens is 1. The highest BCUT2D eigenvalue weighted by Crippen LogP contribution is 2.27. The maximum absolute atomic E-state index is 10.9. The van der Waals surface area contributed by atoms with Gasteiger partial charge < -0.3 is 4.57 Å². The average molecular weight is 250 g/mol. The summed E-state index contributed by atoms with van der Waals surface area (Å²) < 4.78 is 2.18. The van der Waals surface area contributed by atoms with Crippen molar-refractivity contribution in [1.82, 2.24) is 14.8 Å². The molecule has 0 fully saturated rings. The van der Waals surface area contributed by atoms with E-state index in [-0.39, 0.29) is 5.69 Å². The fourth-order valence-corrected chi connectivity index (χ4v) is 1.90. The predicted molar refractivity (Wildman–Crippen MR) is 65.2 cm³/mol. The number of hydrogen-bond acceptors (Lipinski definition) is 4. The molecule has 0 aliphatic rings. The number of nitrogens with zero attached hydrogens (tertiary/aromatic N) is 3. The molecule has 0 spiro atoms. The molecule has 1 N–H and O–H groups in total. The molecular weight excluding hydrogens is 240 g/mol. The van der Waals surface area contributed by atoms with E-state index in [4.69, 9.17) is 12.2 Å². The molecule has 1 heterocycles. The van der Waals surface area contributed by atoms with Crippen LogP contribution < -0.4 is 0 Å². The summed E-state index contributed by atoms with van der Waals surface area (Å²) in [6.45, 7) is 2.51. The highest BCUT2D eigenvalue weighted by molar-refractivity contribution is 7.71. The van der Waals surface area contributed by atoms with Gasteiger partial charge in [0.15, 0.2) is 10.6 Å². The second kappa shape index (κ2) is 4.46. The second-order valence-corrected chi connectivity index (χ2v) is 3.76. The van der Waals surface area contributed by atoms with E-state index in [1.165, 1.54) is 6.07 Å². The number of nitro benzene ring substituents is 1. The van der Waals surface area contributed by atoms with Crippen LogP contribution in [0, 0.1) is 14.9 Å². The van der Waals surface area contributed by atoms with Gasteiger partial charge in [0.1, 0.15) is 0 Å². The monoisotopic (exact) mass is 250 g/mol. The van der Waals surface area contributed by atoms with Crippen molar-refractivity contribution < 1.29 is 4.92 Å². The molecule has 0 aliphatic heterocycles. The molecule has 1 aromatic heterocycles. The van der Waals surface area contributed by atoms with Crippen LogP contribution in [0.25, 0.3) is 11.4 Å². The van der Waals surface area contributed by atoms with Gasteiger partial charge in [0.05, 0.1) is 10.5 Å². The fourth-order valence-electron chi connectivity index (χ4n) is 1.64. The quantitative estimate of drug-likeness (QED) is 0.516. The van der Waals surface area contributed by atoms with Crippen molar-refractivity contribution in [3.05, 3.63) is 39.2 Å². The van der Waals surface area contributed by atoms with E-state index in [9.17, 15) is 10.1 Å². The summed E-state index contributed by atoms with van der Waals surface area (Å²) in [5, 5.41) is 17.6. The van der Waals surface area contributed by atoms with Gasteiger partial charge in [0, 0.05) is 12.6 Å². The van der Waals surface area contributed by atoms with Gasteiger partial charge in [-0.15, -0.1) is 0 Å². The smallest absolute Gasteiger partial charge is 0.280 e. The van der Waals surface area contributed by atoms with Crippen LogP contribution in [-0.2, 0) is 6.54 Å². The lowest BCUT2D eigenvalue weighted by Crippen LogP contribution is -2.00. The number of aromatic nitrogens is 3. The van der Waals surface area contributed by atoms with Gasteiger partial charge in [-0.3, -0.25) is 15.2 Å². The van der Waals surface area contributed by atoms with Crippen molar-refractivity contribution in [2.45, 2.75) is 13.5 Å². The molecule has 0 amide bonds. The molecule has 88 valence electrons. The van der Waals surface area contributed by atoms with Gasteiger partial charge in [-0.2, -0.15) is 5.10 Å². The van der Waals surface area contributed by atoms with Crippen molar-refractivity contribution >= 4 is 17.9 Å². The molecule has 1 aromatic carbocycles. The minimum atomic E-state index is -0.424. The third-order valence-electron chi connectivity index (χ3n) is 2.42. The van der Waals surface area contributed by atoms with Crippen molar-refractivity contribution in [2.75, 3.05) is 0 Å². The molecule has 2 rings (SSSR count). The van der Waals surface area contributed by atoms with Gasteiger partial charge in [-0.25, -0.2) is 0 Å². The zero-order chi connectivity index (χ0) is 12.4. The predicted octanol–water partition coefficient (Wildman–Crippen LogP) is 2.54. The molecule has 7 heteroatoms. The largest absolute Gasteiger partial charge is 0.300 e. The topological polar surface area (TPSA) is 76.8 Å². The van der Waals surface area contributed by atoms with Crippen LogP contribution in [0.5, 0.6) is 0 Å². The van der Waals surface area contributed by atoms with Crippen LogP contribution in [0.15, 0.2) is 24.3 Å². The first-order valence-electron chi connectivity index (χ1n) is 5.04. The van der Waals surface area contributed by atoms with Crippen LogP contribution in [0.3, 0.4) is 0 Å². The maximum atomic E-state index is 10.9. The number of nitrogens with one attached hydrogen (secondary N) is 1. The van der Waals surface area contributed by atoms with Gasteiger partial charge in [0.25, 0.3) is 5.69 Å². The Labute approximate surface area is 102 Å². The molecule has 0 atom stereocenters. The van der Waals surface area contributed by atoms with E-state index in [1.807, 2.05) is 6.92 Å².